The fraction of sp³-hybridized carbons (Fsp3) is 0.0625. The maximum absolute atomic E-state index is 9.89. The van der Waals surface area contributed by atoms with Crippen molar-refractivity contribution < 1.29 is 27.4 Å². The maximum Gasteiger partial charge on any atom is 0.240 e. The van der Waals surface area contributed by atoms with E-state index in [-0.39, 0.29) is 33.0 Å². The lowest BCUT2D eigenvalue weighted by Gasteiger charge is -2.21. The minimum atomic E-state index is -0.815. The zero-order chi connectivity index (χ0) is 52.7. The van der Waals surface area contributed by atoms with Gasteiger partial charge in [-0.2, -0.15) is 15.0 Å². The molecular formula is C48H33N5. The van der Waals surface area contributed by atoms with Crippen LogP contribution in [0.3, 0.4) is 0 Å². The molecule has 0 aliphatic heterocycles. The first-order valence-corrected chi connectivity index (χ1v) is 16.5. The van der Waals surface area contributed by atoms with Crippen molar-refractivity contribution in [2.24, 2.45) is 0 Å². The van der Waals surface area contributed by atoms with Gasteiger partial charge in [-0.05, 0) is 57.6 Å². The lowest BCUT2D eigenvalue weighted by Crippen LogP contribution is -2.15. The first-order chi connectivity index (χ1) is 34.4. The standard InChI is InChI=1S/C48H33N5/c1-48(2)38-22-10-6-20-36(38)44-37(21-14-23-39(44)48)45-49-46(52-40-24-11-7-17-32(40)33-18-8-12-25-41(33)52)51-47(50-45)53-42-26-13-9-19-34(42)35-28-27-31(29-43(35)53)30-15-4-3-5-16-30/h3-29H,1-2H3/i3D,4D,5D,7D,8D,9D,11D,12D,13D,15D,16D,17D,18D,19D,24D,25D,26D,27D,28D,29D. The van der Waals surface area contributed by atoms with Crippen molar-refractivity contribution in [1.82, 2.24) is 24.1 Å². The van der Waals surface area contributed by atoms with Gasteiger partial charge in [0.05, 0.1) is 49.5 Å². The van der Waals surface area contributed by atoms with Crippen LogP contribution in [0.25, 0.3) is 89.2 Å². The zero-order valence-electron chi connectivity index (χ0n) is 47.8. The van der Waals surface area contributed by atoms with Crippen LogP contribution in [0, 0.1) is 0 Å². The van der Waals surface area contributed by atoms with Gasteiger partial charge in [0.15, 0.2) is 5.82 Å². The molecule has 0 N–H and O–H groups in total. The molecule has 0 amide bonds. The third-order valence-electron chi connectivity index (χ3n) is 9.80. The van der Waals surface area contributed by atoms with E-state index in [4.69, 9.17) is 32.8 Å². The second-order valence-corrected chi connectivity index (χ2v) is 13.0. The summed E-state index contributed by atoms with van der Waals surface area (Å²) in [5.74, 6) is -1.28. The summed E-state index contributed by atoms with van der Waals surface area (Å²) in [6, 6.07) is -1.92. The summed E-state index contributed by atoms with van der Waals surface area (Å²) >= 11 is 0. The van der Waals surface area contributed by atoms with E-state index >= 15 is 0 Å². The number of benzene rings is 7. The molecule has 0 radical (unpaired) electrons. The van der Waals surface area contributed by atoms with Gasteiger partial charge in [-0.1, -0.05) is 153 Å². The monoisotopic (exact) mass is 699 g/mol. The molecule has 0 bridgehead atoms. The van der Waals surface area contributed by atoms with Gasteiger partial charge in [-0.25, -0.2) is 0 Å². The van der Waals surface area contributed by atoms with Crippen LogP contribution in [0.15, 0.2) is 163 Å². The molecule has 1 aliphatic carbocycles. The molecule has 3 heterocycles. The fourth-order valence-electron chi connectivity index (χ4n) is 7.45. The molecule has 3 aromatic heterocycles. The van der Waals surface area contributed by atoms with Crippen molar-refractivity contribution >= 4 is 43.6 Å². The van der Waals surface area contributed by atoms with Crippen molar-refractivity contribution in [1.29, 1.82) is 0 Å². The second kappa shape index (κ2) is 11.1. The Morgan fingerprint density at radius 3 is 1.66 bits per heavy atom. The Labute approximate surface area is 334 Å². The number of nitrogens with zero attached hydrogens (tertiary/aromatic N) is 5. The van der Waals surface area contributed by atoms with E-state index in [9.17, 15) is 9.60 Å². The second-order valence-electron chi connectivity index (χ2n) is 13.0. The van der Waals surface area contributed by atoms with E-state index in [1.54, 1.807) is 12.1 Å². The molecule has 1 aliphatic rings. The summed E-state index contributed by atoms with van der Waals surface area (Å²) < 4.78 is 181. The SMILES string of the molecule is [2H]c1c([2H])c([2H])c(-c2c([2H])c([2H])c3c4c([2H])c([2H])c([2H])c([2H])c4n(-c4nc(-c5cccc6c5-c5ccccc5C6(C)C)nc(-n5c6c([2H])c([2H])c([2H])c([2H])c6c6c([2H])c([2H])c([2H])c([2H])c65)n4)c3c2[2H])c([2H])c1[2H]. The predicted molar refractivity (Wildman–Crippen MR) is 217 cm³/mol. The highest BCUT2D eigenvalue weighted by molar-refractivity contribution is 6.11. The Morgan fingerprint density at radius 2 is 1.00 bits per heavy atom. The average molecular weight is 700 g/mol. The predicted octanol–water partition coefficient (Wildman–Crippen LogP) is 11.7. The highest BCUT2D eigenvalue weighted by Crippen LogP contribution is 2.51. The number of rotatable bonds is 4. The topological polar surface area (TPSA) is 48.5 Å². The summed E-state index contributed by atoms with van der Waals surface area (Å²) in [6.45, 7) is 4.05. The van der Waals surface area contributed by atoms with Crippen LogP contribution < -0.4 is 0 Å². The van der Waals surface area contributed by atoms with Crippen molar-refractivity contribution in [3.05, 3.63) is 174 Å². The van der Waals surface area contributed by atoms with Gasteiger partial charge in [0.2, 0.25) is 11.9 Å². The molecule has 0 saturated heterocycles. The van der Waals surface area contributed by atoms with Crippen molar-refractivity contribution in [3.8, 4) is 45.5 Å². The Bertz CT molecular complexity index is 4150. The normalized spacial score (nSPS) is 18.5. The molecule has 53 heavy (non-hydrogen) atoms. The molecule has 5 heteroatoms. The van der Waals surface area contributed by atoms with Crippen LogP contribution >= 0.6 is 0 Å². The van der Waals surface area contributed by atoms with Crippen molar-refractivity contribution in [2.75, 3.05) is 0 Å². The minimum absolute atomic E-state index is 0.183. The van der Waals surface area contributed by atoms with Crippen LogP contribution in [0.1, 0.15) is 52.4 Å². The van der Waals surface area contributed by atoms with E-state index in [1.165, 1.54) is 0 Å². The number of aromatic nitrogens is 5. The van der Waals surface area contributed by atoms with Gasteiger partial charge in [-0.15, -0.1) is 0 Å². The van der Waals surface area contributed by atoms with Crippen LogP contribution in [-0.4, -0.2) is 24.1 Å². The smallest absolute Gasteiger partial charge is 0.240 e. The molecular weight excluding hydrogens is 647 g/mol. The third-order valence-corrected chi connectivity index (χ3v) is 9.80. The minimum Gasteiger partial charge on any atom is -0.278 e. The van der Waals surface area contributed by atoms with E-state index in [1.807, 2.05) is 44.2 Å². The van der Waals surface area contributed by atoms with Crippen molar-refractivity contribution in [3.63, 3.8) is 0 Å². The van der Waals surface area contributed by atoms with Gasteiger partial charge in [0, 0.05) is 32.5 Å². The van der Waals surface area contributed by atoms with Gasteiger partial charge in [0.25, 0.3) is 0 Å². The lowest BCUT2D eigenvalue weighted by atomic mass is 9.82. The Morgan fingerprint density at radius 1 is 0.472 bits per heavy atom. The molecule has 0 saturated carbocycles. The molecule has 0 fully saturated rings. The first-order valence-electron chi connectivity index (χ1n) is 26.5. The zero-order valence-corrected chi connectivity index (χ0v) is 27.8. The summed E-state index contributed by atoms with van der Waals surface area (Å²) in [6.07, 6.45) is 0. The average Bonchev–Trinajstić information content (AvgIpc) is 4.01. The first kappa shape index (κ1) is 16.2. The number of fused-ring (bicyclic) bond motifs is 9. The largest absolute Gasteiger partial charge is 0.278 e. The van der Waals surface area contributed by atoms with Crippen LogP contribution in [0.2, 0.25) is 0 Å². The van der Waals surface area contributed by atoms with Gasteiger partial charge in [-0.3, -0.25) is 9.13 Å². The molecule has 5 nitrogen and oxygen atoms in total. The molecule has 0 spiro atoms. The Balaban J connectivity index is 1.41. The summed E-state index contributed by atoms with van der Waals surface area (Å²) in [5.41, 5.74) is 0.0581. The third kappa shape index (κ3) is 4.28. The molecule has 10 aromatic rings. The van der Waals surface area contributed by atoms with E-state index in [0.29, 0.717) is 11.1 Å². The summed E-state index contributed by atoms with van der Waals surface area (Å²) in [5, 5.41) is -1.39. The molecule has 250 valence electrons. The van der Waals surface area contributed by atoms with Crippen molar-refractivity contribution in [2.45, 2.75) is 19.3 Å². The lowest BCUT2D eigenvalue weighted by molar-refractivity contribution is 0.660. The van der Waals surface area contributed by atoms with Crippen LogP contribution in [0.4, 0.5) is 0 Å². The fourth-order valence-corrected chi connectivity index (χ4v) is 7.45. The van der Waals surface area contributed by atoms with E-state index in [2.05, 4.69) is 0 Å². The van der Waals surface area contributed by atoms with Crippen LogP contribution in [0.5, 0.6) is 0 Å². The molecule has 11 rings (SSSR count). The highest BCUT2D eigenvalue weighted by atomic mass is 15.3. The number of hydrogen-bond donors (Lipinski definition) is 0. The Hall–Kier alpha value is -6.85. The summed E-state index contributed by atoms with van der Waals surface area (Å²) in [4.78, 5) is 14.8. The molecule has 0 unspecified atom stereocenters. The van der Waals surface area contributed by atoms with E-state index < -0.39 is 166 Å². The van der Waals surface area contributed by atoms with Crippen LogP contribution in [-0.2, 0) is 5.41 Å². The maximum atomic E-state index is 9.89. The van der Waals surface area contributed by atoms with Gasteiger partial charge in [0.1, 0.15) is 0 Å². The number of hydrogen-bond acceptors (Lipinski definition) is 3. The van der Waals surface area contributed by atoms with E-state index in [0.717, 1.165) is 25.8 Å². The molecule has 7 aromatic carbocycles. The number of para-hydroxylation sites is 3. The highest BCUT2D eigenvalue weighted by Gasteiger charge is 2.37. The molecule has 0 atom stereocenters. The van der Waals surface area contributed by atoms with Gasteiger partial charge < -0.3 is 0 Å². The Kier molecular flexibility index (Phi) is 3.39. The summed E-state index contributed by atoms with van der Waals surface area (Å²) in [7, 11) is 0. The quantitative estimate of drug-likeness (QED) is 0.184. The van der Waals surface area contributed by atoms with Gasteiger partial charge >= 0.3 is 0 Å².